The van der Waals surface area contributed by atoms with Crippen molar-refractivity contribution in [3.63, 3.8) is 0 Å². The smallest absolute Gasteiger partial charge is 0.348 e. The largest absolute Gasteiger partial charge is 0.461 e. The maximum absolute atomic E-state index is 12.3. The van der Waals surface area contributed by atoms with Crippen molar-refractivity contribution >= 4 is 28.9 Å². The maximum atomic E-state index is 12.3. The minimum absolute atomic E-state index is 0.271. The zero-order valence-corrected chi connectivity index (χ0v) is 20.1. The van der Waals surface area contributed by atoms with Gasteiger partial charge >= 0.3 is 5.97 Å². The van der Waals surface area contributed by atoms with Crippen molar-refractivity contribution < 1.29 is 9.53 Å². The molecule has 4 aromatic heterocycles. The maximum Gasteiger partial charge on any atom is 0.348 e. The summed E-state index contributed by atoms with van der Waals surface area (Å²) in [6.07, 6.45) is 4.80. The fourth-order valence-corrected chi connectivity index (χ4v) is 4.41. The van der Waals surface area contributed by atoms with Crippen LogP contribution in [0.15, 0.2) is 54.2 Å². The number of nitrogens with one attached hydrogen (secondary N) is 2. The summed E-state index contributed by atoms with van der Waals surface area (Å²) in [4.78, 5) is 35.3. The van der Waals surface area contributed by atoms with Gasteiger partial charge in [-0.05, 0) is 73.6 Å². The van der Waals surface area contributed by atoms with Crippen LogP contribution in [-0.2, 0) is 11.2 Å². The van der Waals surface area contributed by atoms with E-state index in [9.17, 15) is 4.79 Å². The molecule has 178 valence electrons. The molecule has 1 fully saturated rings. The van der Waals surface area contributed by atoms with Gasteiger partial charge in [-0.15, -0.1) is 11.3 Å². The van der Waals surface area contributed by atoms with Crippen molar-refractivity contribution in [3.8, 4) is 11.5 Å². The number of hydrogen-bond acceptors (Lipinski definition) is 10. The molecule has 1 saturated heterocycles. The summed E-state index contributed by atoms with van der Waals surface area (Å²) in [6.45, 7) is 4.41. The van der Waals surface area contributed by atoms with E-state index in [1.807, 2.05) is 36.6 Å². The van der Waals surface area contributed by atoms with Crippen LogP contribution in [0.2, 0.25) is 0 Å². The predicted octanol–water partition coefficient (Wildman–Crippen LogP) is 3.80. The summed E-state index contributed by atoms with van der Waals surface area (Å²) in [5, 5.41) is 8.38. The van der Waals surface area contributed by atoms with Crippen LogP contribution in [0.4, 0.5) is 11.6 Å². The third kappa shape index (κ3) is 6.03. The van der Waals surface area contributed by atoms with Crippen LogP contribution in [-0.4, -0.2) is 50.6 Å². The van der Waals surface area contributed by atoms with Crippen molar-refractivity contribution in [2.75, 3.05) is 25.0 Å². The monoisotopic (exact) mass is 487 g/mol. The van der Waals surface area contributed by atoms with E-state index in [1.165, 1.54) is 11.3 Å². The first-order valence-electron chi connectivity index (χ1n) is 11.4. The molecule has 0 bridgehead atoms. The van der Waals surface area contributed by atoms with E-state index in [0.29, 0.717) is 52.8 Å². The van der Waals surface area contributed by atoms with Crippen molar-refractivity contribution in [1.29, 1.82) is 0 Å². The van der Waals surface area contributed by atoms with Gasteiger partial charge in [0, 0.05) is 24.5 Å². The fraction of sp³-hybridized carbons (Fsp3) is 0.280. The van der Waals surface area contributed by atoms with Crippen LogP contribution in [0.5, 0.6) is 0 Å². The third-order valence-electron chi connectivity index (χ3n) is 5.58. The highest BCUT2D eigenvalue weighted by Crippen LogP contribution is 2.20. The molecule has 4 aromatic rings. The molecule has 0 radical (unpaired) electrons. The van der Waals surface area contributed by atoms with Crippen LogP contribution in [0, 0.1) is 12.8 Å². The molecule has 5 heterocycles. The van der Waals surface area contributed by atoms with Crippen molar-refractivity contribution in [1.82, 2.24) is 30.2 Å². The number of esters is 1. The molecule has 0 aliphatic carbocycles. The van der Waals surface area contributed by atoms with Gasteiger partial charge in [0.05, 0.1) is 6.61 Å². The number of aryl methyl sites for hydroxylation is 1. The second kappa shape index (κ2) is 10.7. The molecule has 5 rings (SSSR count). The molecule has 2 N–H and O–H groups in total. The molecule has 1 aliphatic rings. The van der Waals surface area contributed by atoms with Gasteiger partial charge in [0.2, 0.25) is 0 Å². The van der Waals surface area contributed by atoms with Crippen LogP contribution in [0.3, 0.4) is 0 Å². The Morgan fingerprint density at radius 2 is 1.94 bits per heavy atom. The zero-order chi connectivity index (χ0) is 24.0. The lowest BCUT2D eigenvalue weighted by Gasteiger charge is -2.26. The molecular formula is C25H25N7O2S. The molecule has 0 unspecified atom stereocenters. The third-order valence-corrected chi connectivity index (χ3v) is 6.54. The summed E-state index contributed by atoms with van der Waals surface area (Å²) in [7, 11) is 0. The van der Waals surface area contributed by atoms with Gasteiger partial charge in [-0.3, -0.25) is 0 Å². The Morgan fingerprint density at radius 1 is 1.11 bits per heavy atom. The van der Waals surface area contributed by atoms with Gasteiger partial charge in [-0.1, -0.05) is 6.07 Å². The summed E-state index contributed by atoms with van der Waals surface area (Å²) in [6, 6.07) is 11.2. The number of nitrogens with zero attached hydrogens (tertiary/aromatic N) is 5. The molecule has 10 heteroatoms. The first-order chi connectivity index (χ1) is 17.1. The lowest BCUT2D eigenvalue weighted by molar-refractivity contribution is 0.0477. The second-order valence-corrected chi connectivity index (χ2v) is 9.27. The second-order valence-electron chi connectivity index (χ2n) is 8.36. The molecule has 0 amide bonds. The normalized spacial score (nSPS) is 13.3. The Kier molecular flexibility index (Phi) is 7.01. The molecular weight excluding hydrogens is 462 g/mol. The number of carbonyl (C=O) groups is 1. The SMILES string of the molecule is Cc1cccc(-c2nccc(Nc3ccnc(Cc4csc(C(=O)OCCC5CNC5)c4)n3)n2)n1. The van der Waals surface area contributed by atoms with Crippen LogP contribution < -0.4 is 10.6 Å². The Labute approximate surface area is 207 Å². The summed E-state index contributed by atoms with van der Waals surface area (Å²) in [5.74, 6) is 2.76. The van der Waals surface area contributed by atoms with Gasteiger partial charge in [0.15, 0.2) is 5.82 Å². The Balaban J connectivity index is 1.21. The summed E-state index contributed by atoms with van der Waals surface area (Å²) in [5.41, 5.74) is 2.59. The number of carbonyl (C=O) groups excluding carboxylic acids is 1. The van der Waals surface area contributed by atoms with Crippen molar-refractivity contribution in [2.45, 2.75) is 19.8 Å². The zero-order valence-electron chi connectivity index (χ0n) is 19.3. The fourth-order valence-electron chi connectivity index (χ4n) is 3.60. The highest BCUT2D eigenvalue weighted by atomic mass is 32.1. The van der Waals surface area contributed by atoms with Crippen molar-refractivity contribution in [3.05, 3.63) is 76.1 Å². The number of anilines is 2. The van der Waals surface area contributed by atoms with E-state index >= 15 is 0 Å². The average molecular weight is 488 g/mol. The minimum atomic E-state index is -0.271. The van der Waals surface area contributed by atoms with E-state index in [0.717, 1.165) is 30.8 Å². The Bertz CT molecular complexity index is 1320. The number of aromatic nitrogens is 5. The van der Waals surface area contributed by atoms with E-state index in [2.05, 4.69) is 35.6 Å². The van der Waals surface area contributed by atoms with E-state index in [1.54, 1.807) is 24.5 Å². The van der Waals surface area contributed by atoms with Crippen LogP contribution in [0.1, 0.15) is 33.2 Å². The molecule has 0 atom stereocenters. The summed E-state index contributed by atoms with van der Waals surface area (Å²) < 4.78 is 5.42. The predicted molar refractivity (Wildman–Crippen MR) is 134 cm³/mol. The van der Waals surface area contributed by atoms with Gasteiger partial charge < -0.3 is 15.4 Å². The highest BCUT2D eigenvalue weighted by Gasteiger charge is 2.18. The van der Waals surface area contributed by atoms with Gasteiger partial charge in [0.25, 0.3) is 0 Å². The number of pyridine rings is 1. The lowest BCUT2D eigenvalue weighted by Crippen LogP contribution is -2.42. The number of thiophene rings is 1. The van der Waals surface area contributed by atoms with E-state index < -0.39 is 0 Å². The Hall–Kier alpha value is -3.76. The number of rotatable bonds is 9. The standard InChI is InChI=1S/C25H25N7O2S/c1-16-3-2-4-19(29-16)24-28-9-6-22(32-24)30-21-5-8-27-23(31-21)12-18-11-20(35-15-18)25(33)34-10-7-17-13-26-14-17/h2-6,8-9,11,15,17,26H,7,10,12-14H2,1H3,(H,27,28,30,31,32). The quantitative estimate of drug-likeness (QED) is 0.340. The first-order valence-corrected chi connectivity index (χ1v) is 12.3. The van der Waals surface area contributed by atoms with Gasteiger partial charge in [-0.25, -0.2) is 29.7 Å². The highest BCUT2D eigenvalue weighted by molar-refractivity contribution is 7.12. The molecule has 1 aliphatic heterocycles. The van der Waals surface area contributed by atoms with E-state index in [4.69, 9.17) is 4.74 Å². The van der Waals surface area contributed by atoms with Gasteiger partial charge in [0.1, 0.15) is 28.0 Å². The number of hydrogen-bond donors (Lipinski definition) is 2. The molecule has 35 heavy (non-hydrogen) atoms. The molecule has 0 saturated carbocycles. The topological polar surface area (TPSA) is 115 Å². The van der Waals surface area contributed by atoms with Crippen LogP contribution in [0.25, 0.3) is 11.5 Å². The minimum Gasteiger partial charge on any atom is -0.461 e. The molecule has 9 nitrogen and oxygen atoms in total. The molecule has 0 spiro atoms. The van der Waals surface area contributed by atoms with E-state index in [-0.39, 0.29) is 5.97 Å². The summed E-state index contributed by atoms with van der Waals surface area (Å²) >= 11 is 1.38. The van der Waals surface area contributed by atoms with Crippen LogP contribution >= 0.6 is 11.3 Å². The number of ether oxygens (including phenoxy) is 1. The molecule has 0 aromatic carbocycles. The Morgan fingerprint density at radius 3 is 2.74 bits per heavy atom. The van der Waals surface area contributed by atoms with Crippen molar-refractivity contribution in [2.24, 2.45) is 5.92 Å². The van der Waals surface area contributed by atoms with Gasteiger partial charge in [-0.2, -0.15) is 0 Å². The first kappa shape index (κ1) is 23.0. The lowest BCUT2D eigenvalue weighted by atomic mass is 10.0. The average Bonchev–Trinajstić information content (AvgIpc) is 3.29.